The molecule has 218 valence electrons. The molecule has 4 rings (SSSR count). The maximum atomic E-state index is 13.0. The van der Waals surface area contributed by atoms with Crippen molar-refractivity contribution in [3.63, 3.8) is 0 Å². The van der Waals surface area contributed by atoms with Crippen LogP contribution in [0.1, 0.15) is 64.4 Å². The Labute approximate surface area is 236 Å². The molecule has 1 aliphatic carbocycles. The van der Waals surface area contributed by atoms with Crippen LogP contribution in [0.3, 0.4) is 0 Å². The lowest BCUT2D eigenvalue weighted by atomic mass is 9.61. The van der Waals surface area contributed by atoms with Gasteiger partial charge in [0.05, 0.1) is 12.5 Å². The molecule has 40 heavy (non-hydrogen) atoms. The number of rotatable bonds is 11. The van der Waals surface area contributed by atoms with Gasteiger partial charge in [0, 0.05) is 25.6 Å². The molecule has 3 fully saturated rings. The third-order valence-electron chi connectivity index (χ3n) is 8.48. The van der Waals surface area contributed by atoms with Crippen LogP contribution in [0.4, 0.5) is 4.79 Å². The van der Waals surface area contributed by atoms with E-state index in [2.05, 4.69) is 16.0 Å². The van der Waals surface area contributed by atoms with E-state index in [1.165, 1.54) is 0 Å². The Bertz CT molecular complexity index is 1060. The van der Waals surface area contributed by atoms with Gasteiger partial charge in [-0.2, -0.15) is 0 Å². The lowest BCUT2D eigenvalue weighted by Gasteiger charge is -2.51. The molecule has 4 amide bonds. The van der Waals surface area contributed by atoms with Crippen LogP contribution < -0.4 is 16.0 Å². The zero-order valence-electron chi connectivity index (χ0n) is 23.5. The molecular formula is C30H42N4O6. The van der Waals surface area contributed by atoms with Crippen molar-refractivity contribution in [3.05, 3.63) is 35.9 Å². The number of alkyl carbamates (subject to hydrolysis) is 1. The molecule has 3 N–H and O–H groups in total. The number of carbonyl (C=O) groups excluding carboxylic acids is 5. The lowest BCUT2D eigenvalue weighted by Crippen LogP contribution is -2.54. The van der Waals surface area contributed by atoms with E-state index in [4.69, 9.17) is 4.74 Å². The quantitative estimate of drug-likeness (QED) is 0.360. The topological polar surface area (TPSA) is 134 Å². The number of likely N-dealkylation sites (tertiary alicyclic amines) is 1. The third-order valence-corrected chi connectivity index (χ3v) is 8.48. The van der Waals surface area contributed by atoms with Crippen LogP contribution in [0.25, 0.3) is 0 Å². The van der Waals surface area contributed by atoms with E-state index >= 15 is 0 Å². The SMILES string of the molecule is CC(C)C[C@H](NC(=O)OC1CC2(CCN(C(=O)Cc3ccccc3)CC2)C1)C(=O)N[C@H](C=O)C[C@H]1CCNC1=O. The zero-order valence-corrected chi connectivity index (χ0v) is 23.5. The van der Waals surface area contributed by atoms with Crippen LogP contribution in [0, 0.1) is 17.3 Å². The second-order valence-electron chi connectivity index (χ2n) is 12.1. The monoisotopic (exact) mass is 554 g/mol. The van der Waals surface area contributed by atoms with Gasteiger partial charge >= 0.3 is 6.09 Å². The van der Waals surface area contributed by atoms with Crippen molar-refractivity contribution in [1.82, 2.24) is 20.9 Å². The normalized spacial score (nSPS) is 21.7. The Hall–Kier alpha value is -3.43. The zero-order chi connectivity index (χ0) is 28.7. The fourth-order valence-electron chi connectivity index (χ4n) is 6.15. The van der Waals surface area contributed by atoms with Gasteiger partial charge in [0.25, 0.3) is 0 Å². The van der Waals surface area contributed by atoms with Crippen molar-refractivity contribution < 1.29 is 28.7 Å². The molecule has 10 nitrogen and oxygen atoms in total. The molecule has 1 spiro atoms. The van der Waals surface area contributed by atoms with Gasteiger partial charge in [-0.15, -0.1) is 0 Å². The highest BCUT2D eigenvalue weighted by molar-refractivity contribution is 5.88. The highest BCUT2D eigenvalue weighted by Crippen LogP contribution is 2.50. The van der Waals surface area contributed by atoms with E-state index in [-0.39, 0.29) is 41.6 Å². The average molecular weight is 555 g/mol. The molecule has 1 saturated carbocycles. The van der Waals surface area contributed by atoms with E-state index in [9.17, 15) is 24.0 Å². The average Bonchev–Trinajstić information content (AvgIpc) is 3.31. The van der Waals surface area contributed by atoms with Crippen molar-refractivity contribution in [2.24, 2.45) is 17.3 Å². The smallest absolute Gasteiger partial charge is 0.408 e. The van der Waals surface area contributed by atoms with Crippen molar-refractivity contribution in [1.29, 1.82) is 0 Å². The highest BCUT2D eigenvalue weighted by Gasteiger charge is 2.48. The van der Waals surface area contributed by atoms with Gasteiger partial charge in [0.2, 0.25) is 17.7 Å². The lowest BCUT2D eigenvalue weighted by molar-refractivity contribution is -0.136. The molecule has 0 unspecified atom stereocenters. The van der Waals surface area contributed by atoms with Gasteiger partial charge in [-0.3, -0.25) is 14.4 Å². The summed E-state index contributed by atoms with van der Waals surface area (Å²) in [6.07, 6.45) is 4.71. The number of piperidine rings is 1. The molecule has 3 atom stereocenters. The number of hydrogen-bond donors (Lipinski definition) is 3. The van der Waals surface area contributed by atoms with E-state index in [0.29, 0.717) is 45.2 Å². The van der Waals surface area contributed by atoms with Gasteiger partial charge in [-0.1, -0.05) is 44.2 Å². The van der Waals surface area contributed by atoms with E-state index < -0.39 is 24.1 Å². The number of nitrogens with zero attached hydrogens (tertiary/aromatic N) is 1. The molecule has 0 radical (unpaired) electrons. The Morgan fingerprint density at radius 3 is 2.42 bits per heavy atom. The maximum Gasteiger partial charge on any atom is 0.408 e. The Morgan fingerprint density at radius 1 is 1.12 bits per heavy atom. The number of aldehydes is 1. The van der Waals surface area contributed by atoms with E-state index in [1.54, 1.807) is 0 Å². The second kappa shape index (κ2) is 13.3. The predicted molar refractivity (Wildman–Crippen MR) is 148 cm³/mol. The van der Waals surface area contributed by atoms with Crippen molar-refractivity contribution in [2.75, 3.05) is 19.6 Å². The summed E-state index contributed by atoms with van der Waals surface area (Å²) >= 11 is 0. The third kappa shape index (κ3) is 7.82. The second-order valence-corrected chi connectivity index (χ2v) is 12.1. The molecule has 2 saturated heterocycles. The van der Waals surface area contributed by atoms with Crippen LogP contribution in [0.2, 0.25) is 0 Å². The molecule has 1 aromatic rings. The van der Waals surface area contributed by atoms with Crippen molar-refractivity contribution in [2.45, 2.75) is 83.4 Å². The van der Waals surface area contributed by atoms with Gasteiger partial charge in [-0.05, 0) is 61.8 Å². The molecule has 10 heteroatoms. The molecule has 2 aliphatic heterocycles. The van der Waals surface area contributed by atoms with Crippen LogP contribution in [0.15, 0.2) is 30.3 Å². The van der Waals surface area contributed by atoms with Gasteiger partial charge in [0.15, 0.2) is 0 Å². The predicted octanol–water partition coefficient (Wildman–Crippen LogP) is 2.35. The fraction of sp³-hybridized carbons (Fsp3) is 0.633. The van der Waals surface area contributed by atoms with Gasteiger partial charge < -0.3 is 30.4 Å². The van der Waals surface area contributed by atoms with Crippen LogP contribution in [0.5, 0.6) is 0 Å². The first-order chi connectivity index (χ1) is 19.2. The standard InChI is InChI=1S/C30H42N4O6/c1-20(2)14-25(28(38)32-23(19-35)16-22-8-11-31-27(22)37)33-29(39)40-24-17-30(18-24)9-12-34(13-10-30)26(36)15-21-6-4-3-5-7-21/h3-7,19-20,22-25H,8-18H2,1-2H3,(H,31,37)(H,32,38)(H,33,39)/t22-,23+,25+/m1/s1. The molecule has 1 aromatic carbocycles. The van der Waals surface area contributed by atoms with Crippen LogP contribution >= 0.6 is 0 Å². The Balaban J connectivity index is 1.21. The number of amides is 4. The Morgan fingerprint density at radius 2 is 1.82 bits per heavy atom. The largest absolute Gasteiger partial charge is 0.446 e. The summed E-state index contributed by atoms with van der Waals surface area (Å²) in [5, 5.41) is 8.12. The van der Waals surface area contributed by atoms with Gasteiger partial charge in [-0.25, -0.2) is 4.79 Å². The first-order valence-electron chi connectivity index (χ1n) is 14.5. The first-order valence-corrected chi connectivity index (χ1v) is 14.5. The summed E-state index contributed by atoms with van der Waals surface area (Å²) in [4.78, 5) is 63.8. The summed E-state index contributed by atoms with van der Waals surface area (Å²) in [6.45, 7) is 5.88. The summed E-state index contributed by atoms with van der Waals surface area (Å²) in [7, 11) is 0. The summed E-state index contributed by atoms with van der Waals surface area (Å²) < 4.78 is 5.65. The molecule has 0 bridgehead atoms. The fourth-order valence-corrected chi connectivity index (χ4v) is 6.15. The molecular weight excluding hydrogens is 512 g/mol. The number of ether oxygens (including phenoxy) is 1. The summed E-state index contributed by atoms with van der Waals surface area (Å²) in [6, 6.07) is 8.11. The molecule has 3 aliphatic rings. The molecule has 0 aromatic heterocycles. The molecule has 2 heterocycles. The van der Waals surface area contributed by atoms with E-state index in [0.717, 1.165) is 31.2 Å². The van der Waals surface area contributed by atoms with Gasteiger partial charge in [0.1, 0.15) is 18.4 Å². The highest BCUT2D eigenvalue weighted by atomic mass is 16.6. The van der Waals surface area contributed by atoms with Crippen LogP contribution in [-0.4, -0.2) is 72.8 Å². The first kappa shape index (κ1) is 29.6. The maximum absolute atomic E-state index is 13.0. The number of benzene rings is 1. The van der Waals surface area contributed by atoms with Crippen molar-refractivity contribution in [3.8, 4) is 0 Å². The minimum Gasteiger partial charge on any atom is -0.446 e. The summed E-state index contributed by atoms with van der Waals surface area (Å²) in [5.41, 5.74) is 1.11. The minimum absolute atomic E-state index is 0.0902. The number of nitrogens with one attached hydrogen (secondary N) is 3. The Kier molecular flexibility index (Phi) is 9.81. The van der Waals surface area contributed by atoms with E-state index in [1.807, 2.05) is 49.1 Å². The summed E-state index contributed by atoms with van der Waals surface area (Å²) in [5.74, 6) is -0.613. The number of hydrogen-bond acceptors (Lipinski definition) is 6. The number of carbonyl (C=O) groups is 5. The van der Waals surface area contributed by atoms with Crippen molar-refractivity contribution >= 4 is 30.1 Å². The minimum atomic E-state index is -0.847. The van der Waals surface area contributed by atoms with Crippen LogP contribution in [-0.2, 0) is 30.3 Å².